The van der Waals surface area contributed by atoms with Crippen LogP contribution >= 0.6 is 24.0 Å². The summed E-state index contributed by atoms with van der Waals surface area (Å²) in [6.07, 6.45) is 0. The summed E-state index contributed by atoms with van der Waals surface area (Å²) in [4.78, 5) is 6.63. The second-order valence-corrected chi connectivity index (χ2v) is 5.74. The van der Waals surface area contributed by atoms with Crippen LogP contribution in [0.15, 0.2) is 35.3 Å². The molecule has 2 N–H and O–H groups in total. The molecule has 3 rings (SSSR count). The van der Waals surface area contributed by atoms with Gasteiger partial charge in [-0.2, -0.15) is 5.10 Å². The maximum absolute atomic E-state index is 6.12. The fraction of sp³-hybridized carbons (Fsp3) is 0.412. The van der Waals surface area contributed by atoms with Crippen LogP contribution in [-0.4, -0.2) is 46.9 Å². The molecule has 6 nitrogen and oxygen atoms in total. The van der Waals surface area contributed by atoms with Crippen LogP contribution in [0.1, 0.15) is 17.0 Å². The van der Waals surface area contributed by atoms with Crippen LogP contribution in [0.25, 0.3) is 5.69 Å². The maximum Gasteiger partial charge on any atom is 0.191 e. The van der Waals surface area contributed by atoms with E-state index in [9.17, 15) is 0 Å². The van der Waals surface area contributed by atoms with E-state index in [1.54, 1.807) is 0 Å². The average molecular weight is 441 g/mol. The first-order valence-electron chi connectivity index (χ1n) is 7.89. The number of nitrogens with two attached hydrogens (primary N) is 1. The van der Waals surface area contributed by atoms with Gasteiger partial charge in [0, 0.05) is 18.8 Å². The Morgan fingerprint density at radius 1 is 1.25 bits per heavy atom. The van der Waals surface area contributed by atoms with Crippen LogP contribution in [0.2, 0.25) is 0 Å². The minimum atomic E-state index is 0. The van der Waals surface area contributed by atoms with Gasteiger partial charge in [0.25, 0.3) is 0 Å². The van der Waals surface area contributed by atoms with Crippen molar-refractivity contribution in [3.05, 3.63) is 47.3 Å². The summed E-state index contributed by atoms with van der Waals surface area (Å²) in [5.41, 5.74) is 10.4. The standard InChI is InChI=1S/C17H23N5O.HI/c1-13-11-14(2)22(20-13)16-6-4-3-5-15(16)12-19-17(18)21-7-9-23-10-8-21;/h3-6,11H,7-10,12H2,1-2H3,(H2,18,19);1H. The lowest BCUT2D eigenvalue weighted by Gasteiger charge is -2.27. The molecule has 1 aliphatic rings. The molecule has 0 radical (unpaired) electrons. The van der Waals surface area contributed by atoms with Gasteiger partial charge >= 0.3 is 0 Å². The second-order valence-electron chi connectivity index (χ2n) is 5.74. The molecule has 2 aromatic rings. The van der Waals surface area contributed by atoms with Crippen molar-refractivity contribution in [1.29, 1.82) is 0 Å². The largest absolute Gasteiger partial charge is 0.378 e. The lowest BCUT2D eigenvalue weighted by Crippen LogP contribution is -2.44. The zero-order valence-corrected chi connectivity index (χ0v) is 16.4. The van der Waals surface area contributed by atoms with E-state index in [0.717, 1.165) is 35.7 Å². The Balaban J connectivity index is 0.00000208. The van der Waals surface area contributed by atoms with Crippen molar-refractivity contribution in [2.45, 2.75) is 20.4 Å². The Hall–Kier alpha value is -1.61. The van der Waals surface area contributed by atoms with Gasteiger partial charge in [0.05, 0.1) is 31.1 Å². The minimum absolute atomic E-state index is 0. The van der Waals surface area contributed by atoms with Gasteiger partial charge in [-0.25, -0.2) is 9.67 Å². The lowest BCUT2D eigenvalue weighted by molar-refractivity contribution is 0.0674. The highest BCUT2D eigenvalue weighted by atomic mass is 127. The Labute approximate surface area is 159 Å². The molecule has 0 saturated carbocycles. The van der Waals surface area contributed by atoms with Crippen LogP contribution < -0.4 is 5.73 Å². The quantitative estimate of drug-likeness (QED) is 0.451. The fourth-order valence-corrected chi connectivity index (χ4v) is 2.78. The number of guanidine groups is 1. The molecule has 0 amide bonds. The third-order valence-corrected chi connectivity index (χ3v) is 3.98. The van der Waals surface area contributed by atoms with Crippen LogP contribution in [0, 0.1) is 13.8 Å². The Morgan fingerprint density at radius 2 is 1.96 bits per heavy atom. The predicted molar refractivity (Wildman–Crippen MR) is 106 cm³/mol. The number of hydrogen-bond donors (Lipinski definition) is 1. The zero-order chi connectivity index (χ0) is 16.2. The summed E-state index contributed by atoms with van der Waals surface area (Å²) in [5, 5.41) is 4.57. The highest BCUT2D eigenvalue weighted by Gasteiger charge is 2.13. The van der Waals surface area contributed by atoms with E-state index in [1.165, 1.54) is 0 Å². The van der Waals surface area contributed by atoms with Crippen LogP contribution in [0.5, 0.6) is 0 Å². The van der Waals surface area contributed by atoms with Crippen molar-refractivity contribution >= 4 is 29.9 Å². The van der Waals surface area contributed by atoms with Gasteiger partial charge in [0.1, 0.15) is 0 Å². The first-order valence-corrected chi connectivity index (χ1v) is 7.89. The minimum Gasteiger partial charge on any atom is -0.378 e. The van der Waals surface area contributed by atoms with E-state index < -0.39 is 0 Å². The highest BCUT2D eigenvalue weighted by molar-refractivity contribution is 14.0. The van der Waals surface area contributed by atoms with Crippen molar-refractivity contribution < 1.29 is 4.74 Å². The van der Waals surface area contributed by atoms with Gasteiger partial charge in [0.2, 0.25) is 0 Å². The molecule has 1 saturated heterocycles. The smallest absolute Gasteiger partial charge is 0.191 e. The molecule has 0 bridgehead atoms. The number of morpholine rings is 1. The third-order valence-electron chi connectivity index (χ3n) is 3.98. The summed E-state index contributed by atoms with van der Waals surface area (Å²) in [7, 11) is 0. The van der Waals surface area contributed by atoms with E-state index in [-0.39, 0.29) is 24.0 Å². The molecule has 0 spiro atoms. The van der Waals surface area contributed by atoms with Crippen molar-refractivity contribution in [1.82, 2.24) is 14.7 Å². The molecule has 0 aliphatic carbocycles. The predicted octanol–water partition coefficient (Wildman–Crippen LogP) is 2.25. The number of ether oxygens (including phenoxy) is 1. The number of aromatic nitrogens is 2. The Kier molecular flexibility index (Phi) is 6.61. The molecule has 1 fully saturated rings. The summed E-state index contributed by atoms with van der Waals surface area (Å²) >= 11 is 0. The van der Waals surface area contributed by atoms with Gasteiger partial charge in [-0.05, 0) is 31.5 Å². The number of nitrogens with zero attached hydrogens (tertiary/aromatic N) is 4. The first kappa shape index (κ1) is 18.7. The number of hydrogen-bond acceptors (Lipinski definition) is 3. The van der Waals surface area contributed by atoms with Gasteiger partial charge in [-0.3, -0.25) is 0 Å². The molecule has 1 aliphatic heterocycles. The molecule has 1 aromatic heterocycles. The van der Waals surface area contributed by atoms with Crippen LogP contribution in [0.4, 0.5) is 0 Å². The highest BCUT2D eigenvalue weighted by Crippen LogP contribution is 2.18. The zero-order valence-electron chi connectivity index (χ0n) is 14.1. The molecule has 7 heteroatoms. The molecule has 24 heavy (non-hydrogen) atoms. The van der Waals surface area contributed by atoms with Crippen molar-refractivity contribution in [2.24, 2.45) is 10.7 Å². The number of aryl methyl sites for hydroxylation is 2. The summed E-state index contributed by atoms with van der Waals surface area (Å²) in [5.74, 6) is 0.580. The molecule has 0 unspecified atom stereocenters. The molecular weight excluding hydrogens is 417 g/mol. The normalized spacial score (nSPS) is 15.2. The third kappa shape index (κ3) is 4.27. The maximum atomic E-state index is 6.12. The number of rotatable bonds is 3. The number of para-hydroxylation sites is 1. The second kappa shape index (κ2) is 8.48. The molecule has 0 atom stereocenters. The fourth-order valence-electron chi connectivity index (χ4n) is 2.78. The summed E-state index contributed by atoms with van der Waals surface area (Å²) in [6, 6.07) is 10.2. The van der Waals surface area contributed by atoms with Crippen molar-refractivity contribution in [3.63, 3.8) is 0 Å². The van der Waals surface area contributed by atoms with Gasteiger partial charge in [-0.15, -0.1) is 24.0 Å². The van der Waals surface area contributed by atoms with E-state index >= 15 is 0 Å². The Bertz CT molecular complexity index is 707. The molecule has 2 heterocycles. The number of aliphatic imine (C=N–C) groups is 1. The molecular formula is C17H24IN5O. The first-order chi connectivity index (χ1) is 11.1. The van der Waals surface area contributed by atoms with Crippen LogP contribution in [-0.2, 0) is 11.3 Å². The van der Waals surface area contributed by atoms with Gasteiger partial charge in [-0.1, -0.05) is 18.2 Å². The number of benzene rings is 1. The SMILES string of the molecule is Cc1cc(C)n(-c2ccccc2CN=C(N)N2CCOCC2)n1.I. The lowest BCUT2D eigenvalue weighted by atomic mass is 10.2. The van der Waals surface area contributed by atoms with E-state index in [1.807, 2.05) is 23.7 Å². The number of halogens is 1. The van der Waals surface area contributed by atoms with Crippen molar-refractivity contribution in [2.75, 3.05) is 26.3 Å². The molecule has 1 aromatic carbocycles. The molecule has 130 valence electrons. The van der Waals surface area contributed by atoms with E-state index in [2.05, 4.69) is 40.1 Å². The van der Waals surface area contributed by atoms with Crippen molar-refractivity contribution in [3.8, 4) is 5.69 Å². The van der Waals surface area contributed by atoms with Crippen LogP contribution in [0.3, 0.4) is 0 Å². The van der Waals surface area contributed by atoms with Gasteiger partial charge in [0.15, 0.2) is 5.96 Å². The Morgan fingerprint density at radius 3 is 2.62 bits per heavy atom. The van der Waals surface area contributed by atoms with E-state index in [4.69, 9.17) is 10.5 Å². The van der Waals surface area contributed by atoms with E-state index in [0.29, 0.717) is 25.7 Å². The summed E-state index contributed by atoms with van der Waals surface area (Å²) in [6.45, 7) is 7.61. The monoisotopic (exact) mass is 441 g/mol. The average Bonchev–Trinajstić information content (AvgIpc) is 2.92. The van der Waals surface area contributed by atoms with Gasteiger partial charge < -0.3 is 15.4 Å². The summed E-state index contributed by atoms with van der Waals surface area (Å²) < 4.78 is 7.30. The topological polar surface area (TPSA) is 68.7 Å².